The second-order valence-electron chi connectivity index (χ2n) is 11.8. The number of nitrogens with zero attached hydrogens (tertiary/aromatic N) is 2. The number of anilines is 1. The van der Waals surface area contributed by atoms with Gasteiger partial charge in [-0.15, -0.1) is 0 Å². The van der Waals surface area contributed by atoms with Crippen LogP contribution in [0.3, 0.4) is 0 Å². The Bertz CT molecular complexity index is 1420. The minimum atomic E-state index is -1.08. The lowest BCUT2D eigenvalue weighted by molar-refractivity contribution is -0.139. The van der Waals surface area contributed by atoms with E-state index in [1.54, 1.807) is 36.2 Å². The molecular formula is C32H42N4O7. The second-order valence-corrected chi connectivity index (χ2v) is 11.8. The number of amides is 1. The Hall–Kier alpha value is -4.12. The minimum absolute atomic E-state index is 0.0274. The number of carboxylic acid groups (broad SMARTS) is 1. The van der Waals surface area contributed by atoms with Crippen molar-refractivity contribution in [2.75, 3.05) is 51.4 Å². The molecule has 2 aromatic carbocycles. The minimum Gasteiger partial charge on any atom is -0.493 e. The fourth-order valence-corrected chi connectivity index (χ4v) is 5.59. The summed E-state index contributed by atoms with van der Waals surface area (Å²) in [6, 6.07) is 6.98. The molecule has 0 bridgehead atoms. The third kappa shape index (κ3) is 6.93. The summed E-state index contributed by atoms with van der Waals surface area (Å²) in [5.74, 6) is -0.531. The third-order valence-corrected chi connectivity index (χ3v) is 7.67. The number of aliphatic carboxylic acids is 1. The molecule has 1 fully saturated rings. The molecule has 1 atom stereocenters. The fraction of sp³-hybridized carbons (Fsp3) is 0.500. The van der Waals surface area contributed by atoms with Gasteiger partial charge in [0.2, 0.25) is 0 Å². The highest BCUT2D eigenvalue weighted by atomic mass is 16.5. The quantitative estimate of drug-likeness (QED) is 0.313. The molecule has 232 valence electrons. The highest BCUT2D eigenvalue weighted by Gasteiger charge is 2.33. The molecule has 43 heavy (non-hydrogen) atoms. The van der Waals surface area contributed by atoms with E-state index in [4.69, 9.17) is 19.6 Å². The molecule has 2 heterocycles. The van der Waals surface area contributed by atoms with Crippen molar-refractivity contribution in [3.8, 4) is 11.5 Å². The van der Waals surface area contributed by atoms with Crippen molar-refractivity contribution in [1.82, 2.24) is 10.2 Å². The summed E-state index contributed by atoms with van der Waals surface area (Å²) in [6.07, 6.45) is 0.833. The average Bonchev–Trinajstić information content (AvgIpc) is 3.54. The van der Waals surface area contributed by atoms with E-state index in [-0.39, 0.29) is 30.2 Å². The molecule has 0 radical (unpaired) electrons. The molecule has 0 aliphatic carbocycles. The predicted octanol–water partition coefficient (Wildman–Crippen LogP) is 3.84. The first-order chi connectivity index (χ1) is 20.4. The van der Waals surface area contributed by atoms with Gasteiger partial charge in [0, 0.05) is 50.0 Å². The molecule has 3 N–H and O–H groups in total. The molecule has 11 heteroatoms. The largest absolute Gasteiger partial charge is 0.493 e. The molecule has 1 saturated heterocycles. The summed E-state index contributed by atoms with van der Waals surface area (Å²) in [7, 11) is 1.54. The zero-order valence-corrected chi connectivity index (χ0v) is 25.8. The highest BCUT2D eigenvalue weighted by molar-refractivity contribution is 6.08. The Morgan fingerprint density at radius 3 is 2.47 bits per heavy atom. The lowest BCUT2D eigenvalue weighted by Gasteiger charge is -2.29. The van der Waals surface area contributed by atoms with E-state index in [1.807, 2.05) is 34.6 Å². The van der Waals surface area contributed by atoms with Gasteiger partial charge in [-0.25, -0.2) is 4.79 Å². The van der Waals surface area contributed by atoms with Crippen LogP contribution in [0.1, 0.15) is 78.4 Å². The monoisotopic (exact) mass is 594 g/mol. The second kappa shape index (κ2) is 13.0. The van der Waals surface area contributed by atoms with E-state index in [9.17, 15) is 19.5 Å². The third-order valence-electron chi connectivity index (χ3n) is 7.67. The van der Waals surface area contributed by atoms with Gasteiger partial charge < -0.3 is 34.4 Å². The van der Waals surface area contributed by atoms with E-state index in [1.165, 1.54) is 0 Å². The maximum Gasteiger partial charge on any atom is 0.341 e. The molecule has 2 aromatic rings. The molecule has 0 saturated carbocycles. The number of rotatable bonds is 12. The van der Waals surface area contributed by atoms with E-state index in [0.717, 1.165) is 17.5 Å². The number of nitrogens with one attached hydrogen (secondary N) is 2. The van der Waals surface area contributed by atoms with Crippen molar-refractivity contribution < 1.29 is 33.7 Å². The number of fused-ring (bicyclic) bond motifs is 1. The maximum atomic E-state index is 13.9. The smallest absolute Gasteiger partial charge is 0.341 e. The van der Waals surface area contributed by atoms with Crippen LogP contribution in [0.5, 0.6) is 11.5 Å². The van der Waals surface area contributed by atoms with Gasteiger partial charge in [0.05, 0.1) is 30.5 Å². The number of benzene rings is 2. The van der Waals surface area contributed by atoms with E-state index < -0.39 is 18.0 Å². The molecular weight excluding hydrogens is 552 g/mol. The van der Waals surface area contributed by atoms with E-state index in [0.29, 0.717) is 66.7 Å². The maximum absolute atomic E-state index is 13.9. The van der Waals surface area contributed by atoms with Gasteiger partial charge in [-0.1, -0.05) is 20.8 Å². The number of ether oxygens (including phenoxy) is 3. The number of carbonyl (C=O) groups excluding carboxylic acids is 2. The molecule has 1 unspecified atom stereocenters. The number of hydrogen-bond donors (Lipinski definition) is 3. The average molecular weight is 595 g/mol. The van der Waals surface area contributed by atoms with Crippen LogP contribution in [-0.2, 0) is 21.5 Å². The number of carbonyl (C=O) groups is 3. The number of Topliss-reactive ketones (excluding diaryl/α,β-unsaturated/α-hetero) is 1. The van der Waals surface area contributed by atoms with Crippen LogP contribution >= 0.6 is 0 Å². The standard InChI is InChI=1S/C32H42N4O7/c1-7-41-21-9-10-35(16-21)25-12-19(11-24(32(3,4)5)29(25)43-18-28(38)39)26(37)17-36-15-20-13-27(42-8-2)23(31(40)34-6)14-22(20)30(36)33/h11-14,21,33H,7-10,15-18H2,1-6H3,(H,34,40)(H,38,39). The SMILES string of the molecule is CCOc1cc2c(cc1C(=O)NC)C(=N)N(CC(=O)c1cc(N3CCC(OCC)C3)c(OCC(=O)O)c(C(C)(C)C)c1)C2. The molecule has 2 aliphatic rings. The normalized spacial score (nSPS) is 16.3. The summed E-state index contributed by atoms with van der Waals surface area (Å²) in [4.78, 5) is 41.6. The molecule has 0 aromatic heterocycles. The van der Waals surface area contributed by atoms with Gasteiger partial charge in [0.15, 0.2) is 12.4 Å². The van der Waals surface area contributed by atoms with Gasteiger partial charge in [0.25, 0.3) is 5.91 Å². The highest BCUT2D eigenvalue weighted by Crippen LogP contribution is 2.42. The van der Waals surface area contributed by atoms with Crippen molar-refractivity contribution in [1.29, 1.82) is 5.41 Å². The van der Waals surface area contributed by atoms with Crippen LogP contribution < -0.4 is 19.7 Å². The molecule has 1 amide bonds. The summed E-state index contributed by atoms with van der Waals surface area (Å²) in [5, 5.41) is 20.8. The van der Waals surface area contributed by atoms with Crippen LogP contribution in [0, 0.1) is 5.41 Å². The summed E-state index contributed by atoms with van der Waals surface area (Å²) >= 11 is 0. The summed E-state index contributed by atoms with van der Waals surface area (Å²) in [5.41, 5.74) is 3.12. The zero-order valence-electron chi connectivity index (χ0n) is 25.8. The van der Waals surface area contributed by atoms with Gasteiger partial charge >= 0.3 is 5.97 Å². The first kappa shape index (κ1) is 31.8. The Labute approximate surface area is 252 Å². The van der Waals surface area contributed by atoms with Gasteiger partial charge in [0.1, 0.15) is 17.3 Å². The van der Waals surface area contributed by atoms with Crippen molar-refractivity contribution in [3.05, 3.63) is 52.1 Å². The fourth-order valence-electron chi connectivity index (χ4n) is 5.59. The lowest BCUT2D eigenvalue weighted by Crippen LogP contribution is -2.31. The van der Waals surface area contributed by atoms with Gasteiger partial charge in [-0.2, -0.15) is 0 Å². The van der Waals surface area contributed by atoms with Crippen LogP contribution in [0.15, 0.2) is 24.3 Å². The number of carboxylic acids is 1. The molecule has 0 spiro atoms. The Morgan fingerprint density at radius 1 is 1.09 bits per heavy atom. The molecule has 4 rings (SSSR count). The number of ketones is 1. The Balaban J connectivity index is 1.68. The number of hydrogen-bond acceptors (Lipinski definition) is 8. The zero-order chi connectivity index (χ0) is 31.5. The lowest BCUT2D eigenvalue weighted by atomic mass is 9.84. The molecule has 2 aliphatic heterocycles. The van der Waals surface area contributed by atoms with Crippen molar-refractivity contribution in [2.24, 2.45) is 0 Å². The summed E-state index contributed by atoms with van der Waals surface area (Å²) < 4.78 is 17.4. The van der Waals surface area contributed by atoms with Crippen LogP contribution in [0.2, 0.25) is 0 Å². The Kier molecular flexibility index (Phi) is 9.64. The van der Waals surface area contributed by atoms with Gasteiger partial charge in [-0.3, -0.25) is 15.0 Å². The number of amidine groups is 1. The summed E-state index contributed by atoms with van der Waals surface area (Å²) in [6.45, 7) is 11.8. The Morgan fingerprint density at radius 2 is 1.84 bits per heavy atom. The molecule has 11 nitrogen and oxygen atoms in total. The van der Waals surface area contributed by atoms with Gasteiger partial charge in [-0.05, 0) is 55.5 Å². The van der Waals surface area contributed by atoms with E-state index in [2.05, 4.69) is 10.2 Å². The van der Waals surface area contributed by atoms with Crippen molar-refractivity contribution >= 4 is 29.2 Å². The van der Waals surface area contributed by atoms with Crippen molar-refractivity contribution in [3.63, 3.8) is 0 Å². The first-order valence-corrected chi connectivity index (χ1v) is 14.7. The first-order valence-electron chi connectivity index (χ1n) is 14.7. The predicted molar refractivity (Wildman–Crippen MR) is 163 cm³/mol. The topological polar surface area (TPSA) is 141 Å². The van der Waals surface area contributed by atoms with Crippen LogP contribution in [0.25, 0.3) is 0 Å². The van der Waals surface area contributed by atoms with Crippen molar-refractivity contribution in [2.45, 2.75) is 59.1 Å². The van der Waals surface area contributed by atoms with Crippen LogP contribution in [0.4, 0.5) is 5.69 Å². The van der Waals surface area contributed by atoms with Crippen LogP contribution in [-0.4, -0.2) is 86.1 Å². The van der Waals surface area contributed by atoms with E-state index >= 15 is 0 Å².